The van der Waals surface area contributed by atoms with E-state index in [1.54, 1.807) is 0 Å². The standard InChI is InChI=1S/C23H28N2O/c1-4-18(17-25-14-8-5-9-15-25)22(24(2)3)23(26)21-13-12-19-10-6-7-11-20(19)16-21/h6-7,10-13,16,26H,1,5,8-9,14-15,17H2,2-3H3/p-1/b23-22+. The van der Waals surface area contributed by atoms with E-state index in [-0.39, 0.29) is 5.76 Å². The van der Waals surface area contributed by atoms with Gasteiger partial charge in [0.2, 0.25) is 0 Å². The van der Waals surface area contributed by atoms with Crippen molar-refractivity contribution >= 4 is 16.5 Å². The Kier molecular flexibility index (Phi) is 5.82. The predicted octanol–water partition coefficient (Wildman–Crippen LogP) is 3.63. The number of fused-ring (bicyclic) bond motifs is 1. The summed E-state index contributed by atoms with van der Waals surface area (Å²) >= 11 is 0. The van der Waals surface area contributed by atoms with Crippen LogP contribution in [0.1, 0.15) is 24.8 Å². The topological polar surface area (TPSA) is 29.5 Å². The molecule has 2 aromatic carbocycles. The lowest BCUT2D eigenvalue weighted by atomic mass is 10.0. The van der Waals surface area contributed by atoms with Gasteiger partial charge >= 0.3 is 0 Å². The molecule has 3 nitrogen and oxygen atoms in total. The number of hydrogen-bond acceptors (Lipinski definition) is 3. The van der Waals surface area contributed by atoms with Crippen LogP contribution in [0.25, 0.3) is 16.5 Å². The zero-order valence-electron chi connectivity index (χ0n) is 15.8. The molecular formula is C23H27N2O-. The minimum absolute atomic E-state index is 0.0314. The number of likely N-dealkylation sites (tertiary alicyclic amines) is 1. The van der Waals surface area contributed by atoms with Crippen LogP contribution in [0.2, 0.25) is 0 Å². The van der Waals surface area contributed by atoms with E-state index in [2.05, 4.69) is 23.3 Å². The molecule has 3 heteroatoms. The van der Waals surface area contributed by atoms with Gasteiger partial charge in [0, 0.05) is 31.9 Å². The van der Waals surface area contributed by atoms with Gasteiger partial charge in [0.15, 0.2) is 0 Å². The minimum atomic E-state index is 0.0314. The minimum Gasteiger partial charge on any atom is -0.871 e. The smallest absolute Gasteiger partial charge is 0.0411 e. The summed E-state index contributed by atoms with van der Waals surface area (Å²) < 4.78 is 0. The second kappa shape index (κ2) is 8.27. The number of hydrogen-bond donors (Lipinski definition) is 0. The van der Waals surface area contributed by atoms with Crippen molar-refractivity contribution in [2.24, 2.45) is 0 Å². The van der Waals surface area contributed by atoms with Gasteiger partial charge in [-0.3, -0.25) is 4.90 Å². The van der Waals surface area contributed by atoms with E-state index in [4.69, 9.17) is 0 Å². The van der Waals surface area contributed by atoms with Crippen molar-refractivity contribution in [3.8, 4) is 0 Å². The Morgan fingerprint density at radius 1 is 1.08 bits per heavy atom. The second-order valence-electron chi connectivity index (χ2n) is 7.13. The van der Waals surface area contributed by atoms with E-state index in [9.17, 15) is 5.11 Å². The van der Waals surface area contributed by atoms with Crippen LogP contribution < -0.4 is 5.11 Å². The third-order valence-corrected chi connectivity index (χ3v) is 5.00. The first-order valence-corrected chi connectivity index (χ1v) is 9.29. The van der Waals surface area contributed by atoms with Gasteiger partial charge in [-0.1, -0.05) is 55.2 Å². The zero-order valence-corrected chi connectivity index (χ0v) is 15.8. The second-order valence-corrected chi connectivity index (χ2v) is 7.13. The SMILES string of the molecule is C=C=C(CN1CCCCC1)/C(=C(\[O-])c1ccc2ccccc2c1)N(C)C. The summed E-state index contributed by atoms with van der Waals surface area (Å²) in [5.74, 6) is 0.0314. The quantitative estimate of drug-likeness (QED) is 0.470. The van der Waals surface area contributed by atoms with Gasteiger partial charge in [0.1, 0.15) is 0 Å². The summed E-state index contributed by atoms with van der Waals surface area (Å²) in [6.07, 6.45) is 3.74. The van der Waals surface area contributed by atoms with Gasteiger partial charge in [-0.2, -0.15) is 0 Å². The third-order valence-electron chi connectivity index (χ3n) is 5.00. The molecule has 0 atom stereocenters. The Hall–Kier alpha value is -2.48. The zero-order chi connectivity index (χ0) is 18.5. The molecule has 2 aromatic rings. The monoisotopic (exact) mass is 347 g/mol. The lowest BCUT2D eigenvalue weighted by Crippen LogP contribution is -2.33. The fourth-order valence-electron chi connectivity index (χ4n) is 3.63. The summed E-state index contributed by atoms with van der Waals surface area (Å²) in [7, 11) is 3.84. The van der Waals surface area contributed by atoms with Crippen molar-refractivity contribution in [3.05, 3.63) is 71.6 Å². The highest BCUT2D eigenvalue weighted by Crippen LogP contribution is 2.25. The van der Waals surface area contributed by atoms with Gasteiger partial charge in [-0.15, -0.1) is 5.73 Å². The molecule has 0 spiro atoms. The van der Waals surface area contributed by atoms with Gasteiger partial charge in [0.25, 0.3) is 0 Å². The number of nitrogens with zero attached hydrogens (tertiary/aromatic N) is 2. The van der Waals surface area contributed by atoms with Crippen LogP contribution in [0.3, 0.4) is 0 Å². The number of likely N-dealkylation sites (N-methyl/N-ethyl adjacent to an activating group) is 1. The molecule has 0 aliphatic carbocycles. The summed E-state index contributed by atoms with van der Waals surface area (Å²) in [4.78, 5) is 4.29. The summed E-state index contributed by atoms with van der Waals surface area (Å²) in [5, 5.41) is 15.5. The molecule has 1 heterocycles. The largest absolute Gasteiger partial charge is 0.871 e. The molecule has 26 heavy (non-hydrogen) atoms. The van der Waals surface area contributed by atoms with Crippen molar-refractivity contribution in [2.45, 2.75) is 19.3 Å². The lowest BCUT2D eigenvalue weighted by molar-refractivity contribution is -0.245. The van der Waals surface area contributed by atoms with Gasteiger partial charge in [-0.25, -0.2) is 0 Å². The number of piperidine rings is 1. The molecule has 0 saturated carbocycles. The van der Waals surface area contributed by atoms with Crippen molar-refractivity contribution in [1.29, 1.82) is 0 Å². The fourth-order valence-corrected chi connectivity index (χ4v) is 3.63. The molecule has 0 radical (unpaired) electrons. The maximum atomic E-state index is 13.3. The van der Waals surface area contributed by atoms with E-state index in [1.807, 2.05) is 55.4 Å². The van der Waals surface area contributed by atoms with Crippen molar-refractivity contribution in [2.75, 3.05) is 33.7 Å². The van der Waals surface area contributed by atoms with E-state index in [0.717, 1.165) is 36.0 Å². The van der Waals surface area contributed by atoms with E-state index < -0.39 is 0 Å². The van der Waals surface area contributed by atoms with Crippen molar-refractivity contribution < 1.29 is 5.11 Å². The van der Waals surface area contributed by atoms with Crippen LogP contribution in [0.5, 0.6) is 0 Å². The maximum Gasteiger partial charge on any atom is 0.0411 e. The molecule has 1 aliphatic heterocycles. The Morgan fingerprint density at radius 2 is 1.77 bits per heavy atom. The summed E-state index contributed by atoms with van der Waals surface area (Å²) in [5.41, 5.74) is 5.32. The molecule has 0 bridgehead atoms. The highest BCUT2D eigenvalue weighted by molar-refractivity contribution is 5.85. The first kappa shape index (κ1) is 18.3. The molecule has 0 unspecified atom stereocenters. The molecule has 1 fully saturated rings. The normalized spacial score (nSPS) is 16.1. The number of rotatable bonds is 5. The average molecular weight is 347 g/mol. The Morgan fingerprint density at radius 3 is 2.42 bits per heavy atom. The highest BCUT2D eigenvalue weighted by atomic mass is 16.3. The molecule has 3 rings (SSSR count). The summed E-state index contributed by atoms with van der Waals surface area (Å²) in [6, 6.07) is 14.0. The number of benzene rings is 2. The lowest BCUT2D eigenvalue weighted by Gasteiger charge is -2.32. The van der Waals surface area contributed by atoms with Gasteiger partial charge < -0.3 is 10.0 Å². The van der Waals surface area contributed by atoms with Crippen LogP contribution in [0, 0.1) is 0 Å². The maximum absolute atomic E-state index is 13.3. The van der Waals surface area contributed by atoms with Crippen LogP contribution in [-0.4, -0.2) is 43.5 Å². The van der Waals surface area contributed by atoms with E-state index >= 15 is 0 Å². The molecule has 0 amide bonds. The predicted molar refractivity (Wildman–Crippen MR) is 107 cm³/mol. The first-order valence-electron chi connectivity index (χ1n) is 9.29. The third kappa shape index (κ3) is 4.01. The molecule has 0 aromatic heterocycles. The van der Waals surface area contributed by atoms with Crippen LogP contribution >= 0.6 is 0 Å². The van der Waals surface area contributed by atoms with Crippen molar-refractivity contribution in [1.82, 2.24) is 9.80 Å². The Balaban J connectivity index is 1.98. The summed E-state index contributed by atoms with van der Waals surface area (Å²) in [6.45, 7) is 6.76. The molecule has 136 valence electrons. The fraction of sp³-hybridized carbons (Fsp3) is 0.348. The van der Waals surface area contributed by atoms with Crippen LogP contribution in [0.15, 0.2) is 66.0 Å². The van der Waals surface area contributed by atoms with Crippen LogP contribution in [0.4, 0.5) is 0 Å². The van der Waals surface area contributed by atoms with E-state index in [0.29, 0.717) is 11.3 Å². The van der Waals surface area contributed by atoms with E-state index in [1.165, 1.54) is 19.3 Å². The Bertz CT molecular complexity index is 853. The Labute approximate surface area is 156 Å². The average Bonchev–Trinajstić information content (AvgIpc) is 2.67. The van der Waals surface area contributed by atoms with Crippen molar-refractivity contribution in [3.63, 3.8) is 0 Å². The molecular weight excluding hydrogens is 320 g/mol. The first-order chi connectivity index (χ1) is 12.6. The van der Waals surface area contributed by atoms with Gasteiger partial charge in [-0.05, 0) is 48.3 Å². The highest BCUT2D eigenvalue weighted by Gasteiger charge is 2.16. The molecule has 0 N–H and O–H groups in total. The molecule has 1 saturated heterocycles. The van der Waals surface area contributed by atoms with Gasteiger partial charge in [0.05, 0.1) is 0 Å². The van der Waals surface area contributed by atoms with Crippen LogP contribution in [-0.2, 0) is 0 Å². The molecule has 1 aliphatic rings.